The van der Waals surface area contributed by atoms with E-state index >= 15 is 0 Å². The van der Waals surface area contributed by atoms with Crippen molar-refractivity contribution in [3.63, 3.8) is 0 Å². The Hall–Kier alpha value is -3.81. The minimum absolute atomic E-state index is 0.195. The van der Waals surface area contributed by atoms with Crippen molar-refractivity contribution in [3.8, 4) is 5.75 Å². The average molecular weight is 435 g/mol. The Bertz CT molecular complexity index is 1190. The first-order valence-electron chi connectivity index (χ1n) is 10.4. The number of nitrogens with zero attached hydrogens (tertiary/aromatic N) is 1. The predicted octanol–water partition coefficient (Wildman–Crippen LogP) is 3.34. The first kappa shape index (κ1) is 21.4. The van der Waals surface area contributed by atoms with Gasteiger partial charge in [-0.3, -0.25) is 14.4 Å². The van der Waals surface area contributed by atoms with Gasteiger partial charge in [-0.05, 0) is 50.1 Å². The zero-order valence-electron chi connectivity index (χ0n) is 18.0. The number of primary amides is 1. The van der Waals surface area contributed by atoms with Crippen LogP contribution in [-0.4, -0.2) is 42.8 Å². The zero-order chi connectivity index (χ0) is 22.8. The van der Waals surface area contributed by atoms with Crippen LogP contribution in [-0.2, 0) is 4.79 Å². The van der Waals surface area contributed by atoms with Crippen molar-refractivity contribution in [2.24, 2.45) is 11.7 Å². The van der Waals surface area contributed by atoms with Gasteiger partial charge in [0.2, 0.25) is 5.91 Å². The summed E-state index contributed by atoms with van der Waals surface area (Å²) in [7, 11) is 1.56. The van der Waals surface area contributed by atoms with Gasteiger partial charge in [0, 0.05) is 24.4 Å². The molecular weight excluding hydrogens is 410 g/mol. The molecule has 1 fully saturated rings. The molecular formula is C24H25N3O5. The minimum atomic E-state index is -0.373. The van der Waals surface area contributed by atoms with E-state index in [1.165, 1.54) is 0 Å². The number of ether oxygens (including phenoxy) is 1. The molecule has 166 valence electrons. The Kier molecular flexibility index (Phi) is 5.85. The molecule has 2 heterocycles. The molecule has 32 heavy (non-hydrogen) atoms. The van der Waals surface area contributed by atoms with Crippen molar-refractivity contribution in [1.29, 1.82) is 0 Å². The van der Waals surface area contributed by atoms with E-state index < -0.39 is 0 Å². The topological polar surface area (TPSA) is 115 Å². The first-order valence-corrected chi connectivity index (χ1v) is 10.4. The second-order valence-corrected chi connectivity index (χ2v) is 7.86. The van der Waals surface area contributed by atoms with E-state index in [1.54, 1.807) is 61.4 Å². The lowest BCUT2D eigenvalue weighted by molar-refractivity contribution is -0.123. The van der Waals surface area contributed by atoms with Crippen molar-refractivity contribution in [3.05, 3.63) is 59.4 Å². The molecule has 1 aliphatic heterocycles. The molecule has 0 bridgehead atoms. The van der Waals surface area contributed by atoms with Crippen molar-refractivity contribution in [1.82, 2.24) is 4.90 Å². The molecule has 0 unspecified atom stereocenters. The van der Waals surface area contributed by atoms with Crippen LogP contribution in [0.2, 0.25) is 0 Å². The summed E-state index contributed by atoms with van der Waals surface area (Å²) >= 11 is 0. The van der Waals surface area contributed by atoms with Crippen molar-refractivity contribution < 1.29 is 23.5 Å². The molecule has 2 aromatic carbocycles. The van der Waals surface area contributed by atoms with Gasteiger partial charge in [0.1, 0.15) is 17.1 Å². The molecule has 0 saturated carbocycles. The van der Waals surface area contributed by atoms with Gasteiger partial charge in [0.25, 0.3) is 11.8 Å². The molecule has 3 N–H and O–H groups in total. The summed E-state index contributed by atoms with van der Waals surface area (Å²) in [5, 5.41) is 3.50. The first-order chi connectivity index (χ1) is 15.4. The number of hydrogen-bond acceptors (Lipinski definition) is 5. The number of carbonyl (C=O) groups is 3. The number of amides is 3. The summed E-state index contributed by atoms with van der Waals surface area (Å²) < 4.78 is 11.0. The highest BCUT2D eigenvalue weighted by Gasteiger charge is 2.28. The van der Waals surface area contributed by atoms with Gasteiger partial charge < -0.3 is 25.1 Å². The van der Waals surface area contributed by atoms with E-state index in [-0.39, 0.29) is 23.6 Å². The number of piperidine rings is 1. The molecule has 4 rings (SSSR count). The van der Waals surface area contributed by atoms with Crippen LogP contribution in [0.5, 0.6) is 5.75 Å². The summed E-state index contributed by atoms with van der Waals surface area (Å²) in [6.45, 7) is 2.61. The van der Waals surface area contributed by atoms with Gasteiger partial charge in [-0.25, -0.2) is 0 Å². The lowest BCUT2D eigenvalue weighted by atomic mass is 9.95. The summed E-state index contributed by atoms with van der Waals surface area (Å²) in [6, 6.07) is 12.2. The van der Waals surface area contributed by atoms with Crippen molar-refractivity contribution >= 4 is 34.4 Å². The van der Waals surface area contributed by atoms with E-state index in [0.29, 0.717) is 65.2 Å². The van der Waals surface area contributed by atoms with E-state index in [9.17, 15) is 14.4 Å². The normalized spacial score (nSPS) is 14.4. The van der Waals surface area contributed by atoms with E-state index in [2.05, 4.69) is 5.32 Å². The number of carbonyl (C=O) groups excluding carboxylic acids is 3. The fourth-order valence-electron chi connectivity index (χ4n) is 4.11. The van der Waals surface area contributed by atoms with E-state index in [0.717, 1.165) is 0 Å². The highest BCUT2D eigenvalue weighted by atomic mass is 16.5. The zero-order valence-corrected chi connectivity index (χ0v) is 18.0. The lowest BCUT2D eigenvalue weighted by Gasteiger charge is -2.31. The number of hydrogen-bond donors (Lipinski definition) is 2. The molecule has 0 aliphatic carbocycles. The maximum atomic E-state index is 13.2. The fraction of sp³-hybridized carbons (Fsp3) is 0.292. The number of aryl methyl sites for hydroxylation is 1. The van der Waals surface area contributed by atoms with E-state index in [4.69, 9.17) is 14.9 Å². The molecule has 8 heteroatoms. The summed E-state index contributed by atoms with van der Waals surface area (Å²) in [5.41, 5.74) is 7.16. The van der Waals surface area contributed by atoms with Crippen LogP contribution < -0.4 is 15.8 Å². The number of likely N-dealkylation sites (tertiary alicyclic amines) is 1. The van der Waals surface area contributed by atoms with Crippen molar-refractivity contribution in [2.45, 2.75) is 19.8 Å². The highest BCUT2D eigenvalue weighted by molar-refractivity contribution is 6.15. The molecule has 0 spiro atoms. The molecule has 1 aromatic heterocycles. The number of nitrogens with one attached hydrogen (secondary N) is 1. The summed E-state index contributed by atoms with van der Waals surface area (Å²) in [5.74, 6) is -0.0146. The van der Waals surface area contributed by atoms with Gasteiger partial charge in [0.15, 0.2) is 0 Å². The van der Waals surface area contributed by atoms with Gasteiger partial charge in [-0.15, -0.1) is 0 Å². The van der Waals surface area contributed by atoms with Crippen LogP contribution in [0.25, 0.3) is 11.0 Å². The van der Waals surface area contributed by atoms with Gasteiger partial charge in [-0.1, -0.05) is 12.1 Å². The maximum absolute atomic E-state index is 13.2. The number of furan rings is 1. The minimum Gasteiger partial charge on any atom is -0.497 e. The Morgan fingerprint density at radius 2 is 1.84 bits per heavy atom. The number of nitrogens with two attached hydrogens (primary N) is 1. The van der Waals surface area contributed by atoms with Crippen LogP contribution in [0, 0.1) is 12.8 Å². The van der Waals surface area contributed by atoms with E-state index in [1.807, 2.05) is 0 Å². The largest absolute Gasteiger partial charge is 0.497 e. The molecule has 3 amide bonds. The molecule has 0 atom stereocenters. The maximum Gasteiger partial charge on any atom is 0.259 e. The number of rotatable bonds is 5. The van der Waals surface area contributed by atoms with Gasteiger partial charge in [-0.2, -0.15) is 0 Å². The van der Waals surface area contributed by atoms with Crippen LogP contribution in [0.15, 0.2) is 46.9 Å². The summed E-state index contributed by atoms with van der Waals surface area (Å²) in [6.07, 6.45) is 1.08. The molecule has 1 saturated heterocycles. The lowest BCUT2D eigenvalue weighted by Crippen LogP contribution is -2.42. The van der Waals surface area contributed by atoms with Gasteiger partial charge >= 0.3 is 0 Å². The monoisotopic (exact) mass is 435 g/mol. The van der Waals surface area contributed by atoms with Crippen LogP contribution in [0.1, 0.15) is 39.3 Å². The highest BCUT2D eigenvalue weighted by Crippen LogP contribution is 2.30. The molecule has 8 nitrogen and oxygen atoms in total. The number of methoxy groups -OCH3 is 1. The average Bonchev–Trinajstić information content (AvgIpc) is 3.13. The number of para-hydroxylation sites is 1. The third-order valence-electron chi connectivity index (χ3n) is 5.89. The van der Waals surface area contributed by atoms with Crippen molar-refractivity contribution in [2.75, 3.05) is 25.5 Å². The molecule has 1 aliphatic rings. The molecule has 3 aromatic rings. The Labute approximate surface area is 185 Å². The second kappa shape index (κ2) is 8.74. The predicted molar refractivity (Wildman–Crippen MR) is 120 cm³/mol. The van der Waals surface area contributed by atoms with Crippen LogP contribution in [0.4, 0.5) is 5.69 Å². The Morgan fingerprint density at radius 3 is 2.53 bits per heavy atom. The fourth-order valence-corrected chi connectivity index (χ4v) is 4.11. The standard InChI is InChI=1S/C24H25N3O5/c1-14-21(18-13-16(31-2)7-8-20(18)32-14)23(29)26-19-6-4-3-5-17(19)24(30)27-11-9-15(10-12-27)22(25)28/h3-8,13,15H,9-12H2,1-2H3,(H2,25,28)(H,26,29). The molecule has 0 radical (unpaired) electrons. The van der Waals surface area contributed by atoms with Gasteiger partial charge in [0.05, 0.1) is 23.9 Å². The second-order valence-electron chi connectivity index (χ2n) is 7.86. The summed E-state index contributed by atoms with van der Waals surface area (Å²) in [4.78, 5) is 39.4. The number of anilines is 1. The quantitative estimate of drug-likeness (QED) is 0.638. The SMILES string of the molecule is COc1ccc2oc(C)c(C(=O)Nc3ccccc3C(=O)N3CCC(C(N)=O)CC3)c2c1. The Balaban J connectivity index is 1.58. The van der Waals surface area contributed by atoms with Crippen LogP contribution >= 0.6 is 0 Å². The van der Waals surface area contributed by atoms with Crippen LogP contribution in [0.3, 0.4) is 0 Å². The Morgan fingerprint density at radius 1 is 1.12 bits per heavy atom. The smallest absolute Gasteiger partial charge is 0.259 e. The number of fused-ring (bicyclic) bond motifs is 1. The third kappa shape index (κ3) is 4.03. The number of benzene rings is 2. The third-order valence-corrected chi connectivity index (χ3v) is 5.89.